The summed E-state index contributed by atoms with van der Waals surface area (Å²) in [6.45, 7) is 2.59. The third kappa shape index (κ3) is 4.58. The molecule has 0 bridgehead atoms. The number of rotatable bonds is 4. The maximum absolute atomic E-state index is 12.8. The number of hydrogen-bond acceptors (Lipinski definition) is 4. The Bertz CT molecular complexity index is 1050. The van der Waals surface area contributed by atoms with Gasteiger partial charge in [-0.2, -0.15) is 0 Å². The standard InChI is InChI=1S/C23H24N4O4/c1-14-5-8-17(9-6-14)25-23(31)24-12-15-7-10-18-16(11-15)13-27(22(18)30)19-3-2-4-20(28)26-21(19)29/h5-11,19H,2-4,12-13H2,1H3,(H2,24,25,31)(H,26,28,29). The smallest absolute Gasteiger partial charge is 0.319 e. The Hall–Kier alpha value is -3.68. The molecule has 8 nitrogen and oxygen atoms in total. The van der Waals surface area contributed by atoms with Crippen molar-refractivity contribution in [1.29, 1.82) is 0 Å². The van der Waals surface area contributed by atoms with Crippen molar-refractivity contribution in [3.63, 3.8) is 0 Å². The molecule has 2 aromatic carbocycles. The van der Waals surface area contributed by atoms with E-state index in [2.05, 4.69) is 16.0 Å². The minimum atomic E-state index is -0.645. The average molecular weight is 420 g/mol. The Kier molecular flexibility index (Phi) is 5.70. The van der Waals surface area contributed by atoms with Crippen molar-refractivity contribution in [3.8, 4) is 0 Å². The summed E-state index contributed by atoms with van der Waals surface area (Å²) in [5, 5.41) is 7.94. The minimum Gasteiger partial charge on any atom is -0.334 e. The highest BCUT2D eigenvalue weighted by atomic mass is 16.2. The van der Waals surface area contributed by atoms with Crippen LogP contribution in [0.2, 0.25) is 0 Å². The van der Waals surface area contributed by atoms with Gasteiger partial charge in [0.2, 0.25) is 11.8 Å². The van der Waals surface area contributed by atoms with E-state index in [9.17, 15) is 19.2 Å². The normalized spacial score (nSPS) is 18.3. The maximum Gasteiger partial charge on any atom is 0.319 e. The highest BCUT2D eigenvalue weighted by molar-refractivity contribution is 6.04. The van der Waals surface area contributed by atoms with Crippen molar-refractivity contribution in [2.75, 3.05) is 5.32 Å². The number of fused-ring (bicyclic) bond motifs is 1. The predicted molar refractivity (Wildman–Crippen MR) is 114 cm³/mol. The summed E-state index contributed by atoms with van der Waals surface area (Å²) in [6, 6.07) is 11.9. The average Bonchev–Trinajstić information content (AvgIpc) is 2.96. The Morgan fingerprint density at radius 2 is 1.90 bits per heavy atom. The number of urea groups is 1. The van der Waals surface area contributed by atoms with Gasteiger partial charge in [-0.1, -0.05) is 29.8 Å². The SMILES string of the molecule is Cc1ccc(NC(=O)NCc2ccc3c(c2)CN(C2CCCC(=O)NC2=O)C3=O)cc1. The first-order chi connectivity index (χ1) is 14.9. The molecule has 0 aliphatic carbocycles. The fraction of sp³-hybridized carbons (Fsp3) is 0.304. The van der Waals surface area contributed by atoms with E-state index >= 15 is 0 Å². The second-order valence-corrected chi connectivity index (χ2v) is 7.92. The number of amides is 5. The molecular formula is C23H24N4O4. The quantitative estimate of drug-likeness (QED) is 0.661. The summed E-state index contributed by atoms with van der Waals surface area (Å²) < 4.78 is 0. The second kappa shape index (κ2) is 8.59. The Labute approximate surface area is 180 Å². The topological polar surface area (TPSA) is 108 Å². The van der Waals surface area contributed by atoms with E-state index in [-0.39, 0.29) is 24.3 Å². The van der Waals surface area contributed by atoms with Crippen molar-refractivity contribution >= 4 is 29.4 Å². The van der Waals surface area contributed by atoms with E-state index in [0.717, 1.165) is 16.7 Å². The van der Waals surface area contributed by atoms with Crippen LogP contribution < -0.4 is 16.0 Å². The number of carbonyl (C=O) groups is 4. The van der Waals surface area contributed by atoms with Crippen LogP contribution in [0.5, 0.6) is 0 Å². The van der Waals surface area contributed by atoms with E-state index in [1.807, 2.05) is 37.3 Å². The number of carbonyl (C=O) groups excluding carboxylic acids is 4. The first-order valence-corrected chi connectivity index (χ1v) is 10.3. The van der Waals surface area contributed by atoms with Gasteiger partial charge in [-0.3, -0.25) is 19.7 Å². The van der Waals surface area contributed by atoms with Crippen LogP contribution in [-0.4, -0.2) is 34.7 Å². The van der Waals surface area contributed by atoms with Gasteiger partial charge in [0.05, 0.1) is 0 Å². The van der Waals surface area contributed by atoms with Crippen LogP contribution >= 0.6 is 0 Å². The van der Waals surface area contributed by atoms with Gasteiger partial charge in [0.1, 0.15) is 6.04 Å². The van der Waals surface area contributed by atoms with Crippen LogP contribution in [0, 0.1) is 6.92 Å². The molecule has 0 saturated carbocycles. The molecule has 1 atom stereocenters. The molecule has 0 radical (unpaired) electrons. The molecule has 1 saturated heterocycles. The second-order valence-electron chi connectivity index (χ2n) is 7.92. The van der Waals surface area contributed by atoms with Crippen LogP contribution in [0.25, 0.3) is 0 Å². The largest absolute Gasteiger partial charge is 0.334 e. The predicted octanol–water partition coefficient (Wildman–Crippen LogP) is 2.47. The number of anilines is 1. The summed E-state index contributed by atoms with van der Waals surface area (Å²) >= 11 is 0. The van der Waals surface area contributed by atoms with Crippen molar-refractivity contribution < 1.29 is 19.2 Å². The van der Waals surface area contributed by atoms with E-state index in [1.54, 1.807) is 12.1 Å². The zero-order valence-corrected chi connectivity index (χ0v) is 17.2. The molecule has 0 aromatic heterocycles. The minimum absolute atomic E-state index is 0.207. The number of imide groups is 1. The van der Waals surface area contributed by atoms with Gasteiger partial charge in [0.15, 0.2) is 0 Å². The van der Waals surface area contributed by atoms with E-state index in [4.69, 9.17) is 0 Å². The van der Waals surface area contributed by atoms with Crippen molar-refractivity contribution in [1.82, 2.24) is 15.5 Å². The number of benzene rings is 2. The molecule has 160 valence electrons. The zero-order chi connectivity index (χ0) is 22.0. The molecule has 8 heteroatoms. The lowest BCUT2D eigenvalue weighted by molar-refractivity contribution is -0.132. The molecular weight excluding hydrogens is 396 g/mol. The molecule has 2 aliphatic heterocycles. The lowest BCUT2D eigenvalue weighted by Crippen LogP contribution is -2.46. The fourth-order valence-corrected chi connectivity index (χ4v) is 3.92. The van der Waals surface area contributed by atoms with E-state index in [0.29, 0.717) is 37.2 Å². The Morgan fingerprint density at radius 1 is 1.13 bits per heavy atom. The van der Waals surface area contributed by atoms with Crippen LogP contribution in [-0.2, 0) is 22.7 Å². The number of nitrogens with zero attached hydrogens (tertiary/aromatic N) is 1. The van der Waals surface area contributed by atoms with Crippen LogP contribution in [0.3, 0.4) is 0 Å². The molecule has 2 aromatic rings. The van der Waals surface area contributed by atoms with Gasteiger partial charge in [0.25, 0.3) is 5.91 Å². The molecule has 1 unspecified atom stereocenters. The molecule has 31 heavy (non-hydrogen) atoms. The molecule has 2 heterocycles. The third-order valence-corrected chi connectivity index (χ3v) is 5.59. The van der Waals surface area contributed by atoms with Gasteiger partial charge in [0, 0.05) is 30.8 Å². The monoisotopic (exact) mass is 420 g/mol. The van der Waals surface area contributed by atoms with Gasteiger partial charge in [-0.05, 0) is 49.1 Å². The number of aryl methyl sites for hydroxylation is 1. The lowest BCUT2D eigenvalue weighted by atomic mass is 10.1. The van der Waals surface area contributed by atoms with Gasteiger partial charge in [-0.15, -0.1) is 0 Å². The first-order valence-electron chi connectivity index (χ1n) is 10.3. The molecule has 2 aliphatic rings. The first kappa shape index (κ1) is 20.6. The number of hydrogen-bond donors (Lipinski definition) is 3. The van der Waals surface area contributed by atoms with Crippen molar-refractivity contribution in [3.05, 3.63) is 64.7 Å². The molecule has 4 rings (SSSR count). The fourth-order valence-electron chi connectivity index (χ4n) is 3.92. The highest BCUT2D eigenvalue weighted by Crippen LogP contribution is 2.28. The van der Waals surface area contributed by atoms with Gasteiger partial charge < -0.3 is 15.5 Å². The summed E-state index contributed by atoms with van der Waals surface area (Å²) in [7, 11) is 0. The maximum atomic E-state index is 12.8. The van der Waals surface area contributed by atoms with Gasteiger partial charge in [-0.25, -0.2) is 4.79 Å². The van der Waals surface area contributed by atoms with E-state index < -0.39 is 11.9 Å². The summed E-state index contributed by atoms with van der Waals surface area (Å²) in [4.78, 5) is 50.4. The van der Waals surface area contributed by atoms with Crippen LogP contribution in [0.1, 0.15) is 46.3 Å². The highest BCUT2D eigenvalue weighted by Gasteiger charge is 2.37. The molecule has 1 fully saturated rings. The van der Waals surface area contributed by atoms with Crippen molar-refractivity contribution in [2.24, 2.45) is 0 Å². The number of nitrogens with one attached hydrogen (secondary N) is 3. The van der Waals surface area contributed by atoms with Crippen LogP contribution in [0.4, 0.5) is 10.5 Å². The summed E-state index contributed by atoms with van der Waals surface area (Å²) in [5.41, 5.74) is 4.04. The van der Waals surface area contributed by atoms with Crippen LogP contribution in [0.15, 0.2) is 42.5 Å². The van der Waals surface area contributed by atoms with Gasteiger partial charge >= 0.3 is 6.03 Å². The van der Waals surface area contributed by atoms with Crippen molar-refractivity contribution in [2.45, 2.75) is 45.3 Å². The summed E-state index contributed by atoms with van der Waals surface area (Å²) in [5.74, 6) is -0.923. The Balaban J connectivity index is 1.39. The zero-order valence-electron chi connectivity index (χ0n) is 17.2. The Morgan fingerprint density at radius 3 is 2.68 bits per heavy atom. The third-order valence-electron chi connectivity index (χ3n) is 5.59. The van der Waals surface area contributed by atoms with E-state index in [1.165, 1.54) is 4.90 Å². The molecule has 3 N–H and O–H groups in total. The molecule has 5 amide bonds. The lowest BCUT2D eigenvalue weighted by Gasteiger charge is -2.24. The molecule has 0 spiro atoms. The summed E-state index contributed by atoms with van der Waals surface area (Å²) in [6.07, 6.45) is 1.32.